The van der Waals surface area contributed by atoms with Gasteiger partial charge >= 0.3 is 5.69 Å². The minimum atomic E-state index is -4.13. The van der Waals surface area contributed by atoms with Crippen molar-refractivity contribution >= 4 is 15.7 Å². The third kappa shape index (κ3) is 3.83. The van der Waals surface area contributed by atoms with Gasteiger partial charge in [0.1, 0.15) is 0 Å². The summed E-state index contributed by atoms with van der Waals surface area (Å²) in [6.07, 6.45) is 1.08. The molecule has 1 aromatic heterocycles. The first-order valence-corrected chi connectivity index (χ1v) is 9.09. The zero-order valence-corrected chi connectivity index (χ0v) is 15.5. The summed E-state index contributed by atoms with van der Waals surface area (Å²) in [6.45, 7) is 0.644. The van der Waals surface area contributed by atoms with Crippen molar-refractivity contribution in [3.8, 4) is 0 Å². The Balaban J connectivity index is 2.64. The van der Waals surface area contributed by atoms with E-state index in [1.165, 1.54) is 18.4 Å². The highest BCUT2D eigenvalue weighted by Gasteiger charge is 2.29. The number of hydrogen-bond donors (Lipinski definition) is 0. The van der Waals surface area contributed by atoms with Gasteiger partial charge in [-0.05, 0) is 26.2 Å². The van der Waals surface area contributed by atoms with Crippen LogP contribution < -0.4 is 15.6 Å². The van der Waals surface area contributed by atoms with E-state index in [0.717, 1.165) is 15.3 Å². The summed E-state index contributed by atoms with van der Waals surface area (Å²) in [5, 5.41) is 0. The Bertz CT molecular complexity index is 962. The van der Waals surface area contributed by atoms with Gasteiger partial charge < -0.3 is 9.47 Å². The van der Waals surface area contributed by atoms with Crippen LogP contribution in [-0.4, -0.2) is 49.6 Å². The Morgan fingerprint density at radius 3 is 2.16 bits per heavy atom. The average molecular weight is 366 g/mol. The standard InChI is InChI=1S/C16H22N4O4S/c1-17(2)10-11-20(13-8-6-5-7-9-13)25(23,24)14-12-18(3)16(22)19(4)15(14)21/h5-9,12H,10-11H2,1-4H3. The second kappa shape index (κ2) is 7.24. The molecule has 1 aromatic carbocycles. The van der Waals surface area contributed by atoms with Crippen LogP contribution in [0.3, 0.4) is 0 Å². The van der Waals surface area contributed by atoms with Crippen LogP contribution in [0.4, 0.5) is 5.69 Å². The fraction of sp³-hybridized carbons (Fsp3) is 0.375. The van der Waals surface area contributed by atoms with Gasteiger partial charge in [-0.25, -0.2) is 13.2 Å². The molecule has 0 spiro atoms. The normalized spacial score (nSPS) is 11.7. The molecule has 1 heterocycles. The van der Waals surface area contributed by atoms with E-state index >= 15 is 0 Å². The summed E-state index contributed by atoms with van der Waals surface area (Å²) >= 11 is 0. The third-order valence-corrected chi connectivity index (χ3v) is 5.59. The first kappa shape index (κ1) is 18.9. The van der Waals surface area contributed by atoms with Gasteiger partial charge in [0.15, 0.2) is 4.90 Å². The molecule has 0 aliphatic carbocycles. The van der Waals surface area contributed by atoms with Crippen LogP contribution in [0.25, 0.3) is 0 Å². The Labute approximate surface area is 146 Å². The van der Waals surface area contributed by atoms with Crippen LogP contribution in [0.2, 0.25) is 0 Å². The number of para-hydroxylation sites is 1. The van der Waals surface area contributed by atoms with Crippen molar-refractivity contribution in [2.24, 2.45) is 14.1 Å². The van der Waals surface area contributed by atoms with E-state index in [4.69, 9.17) is 0 Å². The van der Waals surface area contributed by atoms with E-state index in [0.29, 0.717) is 12.2 Å². The second-order valence-electron chi connectivity index (χ2n) is 5.97. The molecule has 0 amide bonds. The summed E-state index contributed by atoms with van der Waals surface area (Å²) in [5.74, 6) is 0. The third-order valence-electron chi connectivity index (χ3n) is 3.78. The number of anilines is 1. The molecule has 0 aliphatic rings. The average Bonchev–Trinajstić information content (AvgIpc) is 2.56. The number of aryl methyl sites for hydroxylation is 1. The van der Waals surface area contributed by atoms with Crippen LogP contribution >= 0.6 is 0 Å². The zero-order chi connectivity index (χ0) is 18.8. The Morgan fingerprint density at radius 1 is 1.00 bits per heavy atom. The number of likely N-dealkylation sites (N-methyl/N-ethyl adjacent to an activating group) is 1. The van der Waals surface area contributed by atoms with Gasteiger partial charge in [0, 0.05) is 33.4 Å². The van der Waals surface area contributed by atoms with Crippen LogP contribution in [0, 0.1) is 0 Å². The van der Waals surface area contributed by atoms with E-state index < -0.39 is 26.2 Å². The lowest BCUT2D eigenvalue weighted by Crippen LogP contribution is -2.44. The largest absolute Gasteiger partial charge is 0.330 e. The number of sulfonamides is 1. The number of benzene rings is 1. The summed E-state index contributed by atoms with van der Waals surface area (Å²) < 4.78 is 29.4. The summed E-state index contributed by atoms with van der Waals surface area (Å²) in [5.41, 5.74) is -0.961. The molecule has 0 N–H and O–H groups in total. The van der Waals surface area contributed by atoms with Crippen LogP contribution in [0.1, 0.15) is 0 Å². The van der Waals surface area contributed by atoms with E-state index in [2.05, 4.69) is 0 Å². The molecule has 0 radical (unpaired) electrons. The van der Waals surface area contributed by atoms with Crippen molar-refractivity contribution in [1.82, 2.24) is 14.0 Å². The van der Waals surface area contributed by atoms with Gasteiger partial charge in [-0.1, -0.05) is 18.2 Å². The maximum atomic E-state index is 13.2. The van der Waals surface area contributed by atoms with Crippen molar-refractivity contribution in [3.63, 3.8) is 0 Å². The maximum Gasteiger partial charge on any atom is 0.330 e. The van der Waals surface area contributed by atoms with Crippen LogP contribution in [0.5, 0.6) is 0 Å². The predicted octanol–water partition coefficient (Wildman–Crippen LogP) is -0.159. The van der Waals surface area contributed by atoms with Crippen molar-refractivity contribution in [2.45, 2.75) is 4.90 Å². The Kier molecular flexibility index (Phi) is 5.48. The molecule has 136 valence electrons. The van der Waals surface area contributed by atoms with E-state index in [9.17, 15) is 18.0 Å². The fourth-order valence-corrected chi connectivity index (χ4v) is 3.95. The molecule has 0 unspecified atom stereocenters. The van der Waals surface area contributed by atoms with Crippen molar-refractivity contribution in [1.29, 1.82) is 0 Å². The highest BCUT2D eigenvalue weighted by molar-refractivity contribution is 7.92. The number of nitrogens with zero attached hydrogens (tertiary/aromatic N) is 4. The molecule has 2 rings (SSSR count). The monoisotopic (exact) mass is 366 g/mol. The van der Waals surface area contributed by atoms with Crippen LogP contribution in [-0.2, 0) is 24.1 Å². The van der Waals surface area contributed by atoms with Gasteiger partial charge in [-0.2, -0.15) is 0 Å². The van der Waals surface area contributed by atoms with Gasteiger partial charge in [-0.15, -0.1) is 0 Å². The van der Waals surface area contributed by atoms with Gasteiger partial charge in [0.05, 0.1) is 5.69 Å². The molecule has 2 aromatic rings. The molecular formula is C16H22N4O4S. The lowest BCUT2D eigenvalue weighted by molar-refractivity contribution is 0.419. The van der Waals surface area contributed by atoms with Gasteiger partial charge in [-0.3, -0.25) is 13.7 Å². The molecule has 0 saturated heterocycles. The second-order valence-corrected chi connectivity index (χ2v) is 7.80. The highest BCUT2D eigenvalue weighted by Crippen LogP contribution is 2.21. The molecule has 8 nitrogen and oxygen atoms in total. The SMILES string of the molecule is CN(C)CCN(c1ccccc1)S(=O)(=O)c1cn(C)c(=O)n(C)c1=O. The van der Waals surface area contributed by atoms with E-state index in [1.807, 2.05) is 19.0 Å². The Hall–Kier alpha value is -2.39. The summed E-state index contributed by atoms with van der Waals surface area (Å²) in [6, 6.07) is 8.57. The molecule has 9 heteroatoms. The van der Waals surface area contributed by atoms with E-state index in [-0.39, 0.29) is 6.54 Å². The van der Waals surface area contributed by atoms with Gasteiger partial charge in [0.25, 0.3) is 15.6 Å². The number of rotatable bonds is 6. The molecule has 0 fully saturated rings. The fourth-order valence-electron chi connectivity index (χ4n) is 2.34. The van der Waals surface area contributed by atoms with Crippen molar-refractivity contribution in [3.05, 3.63) is 57.4 Å². The lowest BCUT2D eigenvalue weighted by atomic mass is 10.3. The quantitative estimate of drug-likeness (QED) is 0.709. The molecule has 0 aliphatic heterocycles. The Morgan fingerprint density at radius 2 is 1.60 bits per heavy atom. The minimum absolute atomic E-state index is 0.172. The molecule has 0 saturated carbocycles. The predicted molar refractivity (Wildman–Crippen MR) is 96.5 cm³/mol. The summed E-state index contributed by atoms with van der Waals surface area (Å²) in [4.78, 5) is 25.7. The zero-order valence-electron chi connectivity index (χ0n) is 14.7. The molecule has 0 bridgehead atoms. The van der Waals surface area contributed by atoms with Gasteiger partial charge in [0.2, 0.25) is 0 Å². The highest BCUT2D eigenvalue weighted by atomic mass is 32.2. The first-order valence-electron chi connectivity index (χ1n) is 7.65. The maximum absolute atomic E-state index is 13.2. The van der Waals surface area contributed by atoms with E-state index in [1.54, 1.807) is 30.3 Å². The minimum Gasteiger partial charge on any atom is -0.308 e. The summed E-state index contributed by atoms with van der Waals surface area (Å²) in [7, 11) is 2.21. The number of aromatic nitrogens is 2. The molecule has 25 heavy (non-hydrogen) atoms. The topological polar surface area (TPSA) is 84.6 Å². The van der Waals surface area contributed by atoms with Crippen LogP contribution in [0.15, 0.2) is 51.0 Å². The smallest absolute Gasteiger partial charge is 0.308 e. The van der Waals surface area contributed by atoms with Crippen molar-refractivity contribution in [2.75, 3.05) is 31.5 Å². The van der Waals surface area contributed by atoms with Crippen molar-refractivity contribution < 1.29 is 8.42 Å². The molecule has 0 atom stereocenters. The first-order chi connectivity index (χ1) is 11.7. The lowest BCUT2D eigenvalue weighted by Gasteiger charge is -2.26. The number of hydrogen-bond acceptors (Lipinski definition) is 5. The molecular weight excluding hydrogens is 344 g/mol.